The molecule has 36 heavy (non-hydrogen) atoms. The summed E-state index contributed by atoms with van der Waals surface area (Å²) in [7, 11) is 0. The average molecular weight is 483 g/mol. The molecule has 0 saturated heterocycles. The molecular formula is C34H42O2. The van der Waals surface area contributed by atoms with E-state index < -0.39 is 0 Å². The average Bonchev–Trinajstić information content (AvgIpc) is 2.88. The summed E-state index contributed by atoms with van der Waals surface area (Å²) in [6.45, 7) is 6.67. The molecule has 0 radical (unpaired) electrons. The molecule has 2 fully saturated rings. The summed E-state index contributed by atoms with van der Waals surface area (Å²) >= 11 is 0. The highest BCUT2D eigenvalue weighted by molar-refractivity contribution is 5.55. The van der Waals surface area contributed by atoms with E-state index >= 15 is 0 Å². The zero-order valence-electron chi connectivity index (χ0n) is 22.3. The second-order valence-corrected chi connectivity index (χ2v) is 11.5. The standard InChI is InChI=1S/C34H42O2/c1-22-18-23(2)30(20-29(22)25-10-6-4-7-11-25)34(27-14-16-28(35)17-15-27)31-21-32(33(36)19-24(31)3)26-12-8-5-9-13-26/h14-21,25-26,34-36H,4-13H2,1-3H3. The Kier molecular flexibility index (Phi) is 7.42. The van der Waals surface area contributed by atoms with Crippen molar-refractivity contribution in [1.29, 1.82) is 0 Å². The van der Waals surface area contributed by atoms with Crippen molar-refractivity contribution in [3.05, 3.63) is 93.0 Å². The predicted octanol–water partition coefficient (Wildman–Crippen LogP) is 9.30. The lowest BCUT2D eigenvalue weighted by atomic mass is 9.75. The van der Waals surface area contributed by atoms with Crippen molar-refractivity contribution >= 4 is 0 Å². The summed E-state index contributed by atoms with van der Waals surface area (Å²) in [4.78, 5) is 0. The molecule has 1 unspecified atom stereocenters. The molecule has 1 atom stereocenters. The van der Waals surface area contributed by atoms with Gasteiger partial charge in [0.25, 0.3) is 0 Å². The molecule has 2 saturated carbocycles. The first kappa shape index (κ1) is 24.9. The lowest BCUT2D eigenvalue weighted by Crippen LogP contribution is -2.13. The summed E-state index contributed by atoms with van der Waals surface area (Å²) in [5.41, 5.74) is 10.3. The number of rotatable bonds is 5. The highest BCUT2D eigenvalue weighted by Gasteiger charge is 2.27. The van der Waals surface area contributed by atoms with E-state index in [4.69, 9.17) is 0 Å². The Morgan fingerprint density at radius 1 is 0.583 bits per heavy atom. The van der Waals surface area contributed by atoms with Gasteiger partial charge in [0.2, 0.25) is 0 Å². The minimum Gasteiger partial charge on any atom is -0.508 e. The van der Waals surface area contributed by atoms with E-state index in [0.29, 0.717) is 23.3 Å². The summed E-state index contributed by atoms with van der Waals surface area (Å²) in [6, 6.07) is 17.0. The number of benzene rings is 3. The van der Waals surface area contributed by atoms with Crippen LogP contribution in [0.1, 0.15) is 126 Å². The third-order valence-electron chi connectivity index (χ3n) is 9.01. The van der Waals surface area contributed by atoms with Gasteiger partial charge in [-0.1, -0.05) is 68.9 Å². The van der Waals surface area contributed by atoms with Gasteiger partial charge in [-0.15, -0.1) is 0 Å². The molecule has 5 rings (SSSR count). The zero-order valence-corrected chi connectivity index (χ0v) is 22.3. The molecule has 0 aromatic heterocycles. The Labute approximate surface area is 217 Å². The van der Waals surface area contributed by atoms with Crippen LogP contribution in [0.5, 0.6) is 11.5 Å². The Balaban J connectivity index is 1.67. The Morgan fingerprint density at radius 3 is 1.67 bits per heavy atom. The van der Waals surface area contributed by atoms with Crippen LogP contribution in [0.3, 0.4) is 0 Å². The van der Waals surface area contributed by atoms with Crippen LogP contribution in [0.4, 0.5) is 0 Å². The molecule has 2 aliphatic carbocycles. The number of phenolic OH excluding ortho intramolecular Hbond substituents is 2. The molecule has 2 heteroatoms. The molecule has 0 amide bonds. The van der Waals surface area contributed by atoms with Crippen molar-refractivity contribution in [2.24, 2.45) is 0 Å². The van der Waals surface area contributed by atoms with Gasteiger partial charge in [-0.2, -0.15) is 0 Å². The Hall–Kier alpha value is -2.74. The lowest BCUT2D eigenvalue weighted by Gasteiger charge is -2.29. The van der Waals surface area contributed by atoms with Gasteiger partial charge in [0.15, 0.2) is 0 Å². The molecule has 0 spiro atoms. The summed E-state index contributed by atoms with van der Waals surface area (Å²) in [5.74, 6) is 1.91. The van der Waals surface area contributed by atoms with Crippen LogP contribution in [-0.2, 0) is 0 Å². The Bertz CT molecular complexity index is 1120. The van der Waals surface area contributed by atoms with E-state index in [1.807, 2.05) is 18.2 Å². The number of phenols is 2. The molecule has 2 nitrogen and oxygen atoms in total. The molecule has 0 aliphatic heterocycles. The maximum atomic E-state index is 11.0. The monoisotopic (exact) mass is 482 g/mol. The molecule has 190 valence electrons. The topological polar surface area (TPSA) is 40.5 Å². The van der Waals surface area contributed by atoms with E-state index in [0.717, 1.165) is 24.0 Å². The van der Waals surface area contributed by atoms with Crippen LogP contribution in [0.2, 0.25) is 0 Å². The van der Waals surface area contributed by atoms with Gasteiger partial charge in [-0.3, -0.25) is 0 Å². The van der Waals surface area contributed by atoms with Gasteiger partial charge in [0.1, 0.15) is 11.5 Å². The van der Waals surface area contributed by atoms with Crippen LogP contribution < -0.4 is 0 Å². The highest BCUT2D eigenvalue weighted by Crippen LogP contribution is 2.44. The smallest absolute Gasteiger partial charge is 0.119 e. The third kappa shape index (κ3) is 5.05. The molecule has 3 aromatic rings. The van der Waals surface area contributed by atoms with Crippen molar-refractivity contribution < 1.29 is 10.2 Å². The molecule has 2 aliphatic rings. The van der Waals surface area contributed by atoms with Gasteiger partial charge in [0.05, 0.1) is 0 Å². The molecular weight excluding hydrogens is 440 g/mol. The maximum Gasteiger partial charge on any atom is 0.119 e. The van der Waals surface area contributed by atoms with Gasteiger partial charge in [-0.25, -0.2) is 0 Å². The third-order valence-corrected chi connectivity index (χ3v) is 9.01. The van der Waals surface area contributed by atoms with Crippen LogP contribution >= 0.6 is 0 Å². The second kappa shape index (κ2) is 10.7. The summed E-state index contributed by atoms with van der Waals surface area (Å²) < 4.78 is 0. The molecule has 2 N–H and O–H groups in total. The van der Waals surface area contributed by atoms with Gasteiger partial charge >= 0.3 is 0 Å². The van der Waals surface area contributed by atoms with Crippen LogP contribution in [-0.4, -0.2) is 10.2 Å². The van der Waals surface area contributed by atoms with Crippen molar-refractivity contribution in [2.75, 3.05) is 0 Å². The number of aryl methyl sites for hydroxylation is 3. The van der Waals surface area contributed by atoms with Gasteiger partial charge < -0.3 is 10.2 Å². The second-order valence-electron chi connectivity index (χ2n) is 11.5. The first-order valence-electron chi connectivity index (χ1n) is 14.2. The molecule has 0 heterocycles. The Morgan fingerprint density at radius 2 is 1.08 bits per heavy atom. The fourth-order valence-electron chi connectivity index (χ4n) is 7.02. The first-order chi connectivity index (χ1) is 17.4. The summed E-state index contributed by atoms with van der Waals surface area (Å²) in [6.07, 6.45) is 12.7. The number of aromatic hydroxyl groups is 2. The van der Waals surface area contributed by atoms with Gasteiger partial charge in [-0.05, 0) is 121 Å². The van der Waals surface area contributed by atoms with Crippen LogP contribution in [0.25, 0.3) is 0 Å². The van der Waals surface area contributed by atoms with E-state index in [9.17, 15) is 10.2 Å². The zero-order chi connectivity index (χ0) is 25.2. The fourth-order valence-corrected chi connectivity index (χ4v) is 7.02. The van der Waals surface area contributed by atoms with Crippen molar-refractivity contribution in [3.8, 4) is 11.5 Å². The quantitative estimate of drug-likeness (QED) is 0.356. The van der Waals surface area contributed by atoms with Crippen molar-refractivity contribution in [1.82, 2.24) is 0 Å². The highest BCUT2D eigenvalue weighted by atomic mass is 16.3. The first-order valence-corrected chi connectivity index (χ1v) is 14.2. The van der Waals surface area contributed by atoms with E-state index in [2.05, 4.69) is 51.1 Å². The van der Waals surface area contributed by atoms with E-state index in [1.165, 1.54) is 84.7 Å². The maximum absolute atomic E-state index is 11.0. The number of hydrogen-bond acceptors (Lipinski definition) is 2. The predicted molar refractivity (Wildman–Crippen MR) is 149 cm³/mol. The normalized spacial score (nSPS) is 18.3. The minimum atomic E-state index is 0.0662. The largest absolute Gasteiger partial charge is 0.508 e. The summed E-state index contributed by atoms with van der Waals surface area (Å²) in [5, 5.41) is 21.1. The fraction of sp³-hybridized carbons (Fsp3) is 0.471. The minimum absolute atomic E-state index is 0.0662. The van der Waals surface area contributed by atoms with Crippen molar-refractivity contribution in [3.63, 3.8) is 0 Å². The SMILES string of the molecule is Cc1cc(C)c(C(c2ccc(O)cc2)c2cc(C3CCCCC3)c(O)cc2C)cc1C1CCCCC1. The van der Waals surface area contributed by atoms with Crippen molar-refractivity contribution in [2.45, 2.75) is 103 Å². The molecule has 3 aromatic carbocycles. The molecule has 0 bridgehead atoms. The van der Waals surface area contributed by atoms with Gasteiger partial charge in [0, 0.05) is 5.92 Å². The van der Waals surface area contributed by atoms with E-state index in [-0.39, 0.29) is 5.92 Å². The van der Waals surface area contributed by atoms with Crippen LogP contribution in [0, 0.1) is 20.8 Å². The van der Waals surface area contributed by atoms with Crippen LogP contribution in [0.15, 0.2) is 48.5 Å². The number of hydrogen-bond donors (Lipinski definition) is 2. The van der Waals surface area contributed by atoms with E-state index in [1.54, 1.807) is 0 Å². The lowest BCUT2D eigenvalue weighted by molar-refractivity contribution is 0.413.